The molecule has 2 heteroatoms. The van der Waals surface area contributed by atoms with Crippen LogP contribution in [0, 0.1) is 0 Å². The summed E-state index contributed by atoms with van der Waals surface area (Å²) in [5.41, 5.74) is 1.11. The first-order valence-corrected chi connectivity index (χ1v) is 4.83. The standard InChI is InChI=1S/C11H15NO/c1-3-10-8(2)12-9-6-4-5-7-11(9)13-10/h4-8,10,12H,3H2,1-2H3. The molecule has 13 heavy (non-hydrogen) atoms. The lowest BCUT2D eigenvalue weighted by Gasteiger charge is -2.32. The number of ether oxygens (including phenoxy) is 1. The molecule has 0 saturated carbocycles. The second-order valence-corrected chi connectivity index (χ2v) is 3.49. The van der Waals surface area contributed by atoms with E-state index in [9.17, 15) is 0 Å². The molecule has 0 spiro atoms. The molecule has 2 rings (SSSR count). The van der Waals surface area contributed by atoms with Gasteiger partial charge in [-0.25, -0.2) is 0 Å². The Morgan fingerprint density at radius 2 is 2.15 bits per heavy atom. The van der Waals surface area contributed by atoms with Gasteiger partial charge in [0.25, 0.3) is 0 Å². The Labute approximate surface area is 78.9 Å². The molecule has 1 aromatic carbocycles. The van der Waals surface area contributed by atoms with E-state index in [2.05, 4.69) is 25.2 Å². The average Bonchev–Trinajstić information content (AvgIpc) is 2.17. The SMILES string of the molecule is CCC1Oc2ccccc2NC1C. The molecule has 0 aromatic heterocycles. The minimum Gasteiger partial charge on any atom is -0.486 e. The van der Waals surface area contributed by atoms with E-state index in [1.807, 2.05) is 18.2 Å². The van der Waals surface area contributed by atoms with Gasteiger partial charge in [-0.1, -0.05) is 19.1 Å². The van der Waals surface area contributed by atoms with Crippen molar-refractivity contribution < 1.29 is 4.74 Å². The van der Waals surface area contributed by atoms with E-state index in [1.165, 1.54) is 0 Å². The summed E-state index contributed by atoms with van der Waals surface area (Å²) in [7, 11) is 0. The van der Waals surface area contributed by atoms with Gasteiger partial charge in [0, 0.05) is 0 Å². The lowest BCUT2D eigenvalue weighted by atomic mass is 10.1. The van der Waals surface area contributed by atoms with E-state index in [0.717, 1.165) is 17.9 Å². The van der Waals surface area contributed by atoms with Gasteiger partial charge in [0.1, 0.15) is 11.9 Å². The largest absolute Gasteiger partial charge is 0.486 e. The van der Waals surface area contributed by atoms with E-state index in [1.54, 1.807) is 0 Å². The molecule has 2 atom stereocenters. The van der Waals surface area contributed by atoms with E-state index in [4.69, 9.17) is 4.74 Å². The minimum atomic E-state index is 0.301. The first kappa shape index (κ1) is 8.42. The number of rotatable bonds is 1. The highest BCUT2D eigenvalue weighted by atomic mass is 16.5. The first-order chi connectivity index (χ1) is 6.31. The van der Waals surface area contributed by atoms with Gasteiger partial charge in [-0.3, -0.25) is 0 Å². The fourth-order valence-corrected chi connectivity index (χ4v) is 1.73. The molecule has 0 fully saturated rings. The lowest BCUT2D eigenvalue weighted by Crippen LogP contribution is -2.38. The highest BCUT2D eigenvalue weighted by molar-refractivity contribution is 5.58. The number of fused-ring (bicyclic) bond motifs is 1. The predicted octanol–water partition coefficient (Wildman–Crippen LogP) is 2.66. The molecule has 0 aliphatic carbocycles. The Morgan fingerprint density at radius 3 is 2.92 bits per heavy atom. The number of nitrogens with one attached hydrogen (secondary N) is 1. The highest BCUT2D eigenvalue weighted by Crippen LogP contribution is 2.31. The van der Waals surface area contributed by atoms with Crippen LogP contribution in [0.2, 0.25) is 0 Å². The average molecular weight is 177 g/mol. The van der Waals surface area contributed by atoms with Gasteiger partial charge in [-0.2, -0.15) is 0 Å². The van der Waals surface area contributed by atoms with Crippen LogP contribution in [0.1, 0.15) is 20.3 Å². The van der Waals surface area contributed by atoms with E-state index in [0.29, 0.717) is 12.1 Å². The van der Waals surface area contributed by atoms with Crippen molar-refractivity contribution in [1.29, 1.82) is 0 Å². The van der Waals surface area contributed by atoms with Crippen LogP contribution in [0.3, 0.4) is 0 Å². The molecule has 0 amide bonds. The fourth-order valence-electron chi connectivity index (χ4n) is 1.73. The van der Waals surface area contributed by atoms with Crippen molar-refractivity contribution >= 4 is 5.69 Å². The Bertz CT molecular complexity index is 298. The number of para-hydroxylation sites is 2. The van der Waals surface area contributed by atoms with Gasteiger partial charge in [-0.15, -0.1) is 0 Å². The van der Waals surface area contributed by atoms with Crippen LogP contribution < -0.4 is 10.1 Å². The third-order valence-electron chi connectivity index (χ3n) is 2.51. The summed E-state index contributed by atoms with van der Waals surface area (Å²) >= 11 is 0. The molecule has 1 aromatic rings. The van der Waals surface area contributed by atoms with Crippen molar-refractivity contribution in [2.75, 3.05) is 5.32 Å². The Balaban J connectivity index is 2.27. The van der Waals surface area contributed by atoms with Crippen molar-refractivity contribution in [3.63, 3.8) is 0 Å². The quantitative estimate of drug-likeness (QED) is 0.712. The van der Waals surface area contributed by atoms with Crippen LogP contribution in [0.4, 0.5) is 5.69 Å². The van der Waals surface area contributed by atoms with Crippen LogP contribution in [0.5, 0.6) is 5.75 Å². The number of hydrogen-bond donors (Lipinski definition) is 1. The Morgan fingerprint density at radius 1 is 1.38 bits per heavy atom. The zero-order valence-electron chi connectivity index (χ0n) is 8.08. The molecule has 1 N–H and O–H groups in total. The first-order valence-electron chi connectivity index (χ1n) is 4.83. The van der Waals surface area contributed by atoms with E-state index in [-0.39, 0.29) is 0 Å². The summed E-state index contributed by atoms with van der Waals surface area (Å²) < 4.78 is 5.83. The minimum absolute atomic E-state index is 0.301. The molecule has 1 heterocycles. The van der Waals surface area contributed by atoms with Crippen molar-refractivity contribution in [2.24, 2.45) is 0 Å². The summed E-state index contributed by atoms with van der Waals surface area (Å²) in [6.07, 6.45) is 1.34. The maximum absolute atomic E-state index is 5.83. The zero-order valence-corrected chi connectivity index (χ0v) is 8.08. The molecule has 2 nitrogen and oxygen atoms in total. The summed E-state index contributed by atoms with van der Waals surface area (Å²) in [6.45, 7) is 4.31. The van der Waals surface area contributed by atoms with Gasteiger partial charge in [0.15, 0.2) is 0 Å². The van der Waals surface area contributed by atoms with E-state index >= 15 is 0 Å². The van der Waals surface area contributed by atoms with Gasteiger partial charge in [0.2, 0.25) is 0 Å². The zero-order chi connectivity index (χ0) is 9.26. The van der Waals surface area contributed by atoms with Gasteiger partial charge in [-0.05, 0) is 25.5 Å². The molecular formula is C11H15NO. The molecule has 70 valence electrons. The molecule has 1 aliphatic rings. The normalized spacial score (nSPS) is 25.7. The van der Waals surface area contributed by atoms with Crippen LogP contribution in [0.25, 0.3) is 0 Å². The van der Waals surface area contributed by atoms with Gasteiger partial charge in [0.05, 0.1) is 11.7 Å². The maximum Gasteiger partial charge on any atom is 0.142 e. The molecule has 1 aliphatic heterocycles. The Kier molecular flexibility index (Phi) is 2.13. The van der Waals surface area contributed by atoms with Crippen molar-refractivity contribution in [3.05, 3.63) is 24.3 Å². The van der Waals surface area contributed by atoms with Crippen LogP contribution in [-0.4, -0.2) is 12.1 Å². The molecular weight excluding hydrogens is 162 g/mol. The molecule has 0 bridgehead atoms. The van der Waals surface area contributed by atoms with Crippen LogP contribution in [0.15, 0.2) is 24.3 Å². The predicted molar refractivity (Wildman–Crippen MR) is 54.2 cm³/mol. The van der Waals surface area contributed by atoms with Crippen molar-refractivity contribution in [3.8, 4) is 5.75 Å². The third kappa shape index (κ3) is 1.48. The van der Waals surface area contributed by atoms with Crippen LogP contribution >= 0.6 is 0 Å². The lowest BCUT2D eigenvalue weighted by molar-refractivity contribution is 0.170. The van der Waals surface area contributed by atoms with Gasteiger partial charge < -0.3 is 10.1 Å². The van der Waals surface area contributed by atoms with E-state index < -0.39 is 0 Å². The second kappa shape index (κ2) is 3.29. The molecule has 2 unspecified atom stereocenters. The molecule has 0 radical (unpaired) electrons. The molecule has 0 saturated heterocycles. The summed E-state index contributed by atoms with van der Waals surface area (Å²) in [5, 5.41) is 3.44. The summed E-state index contributed by atoms with van der Waals surface area (Å²) in [5.74, 6) is 0.979. The van der Waals surface area contributed by atoms with Crippen LogP contribution in [-0.2, 0) is 0 Å². The number of anilines is 1. The monoisotopic (exact) mass is 177 g/mol. The van der Waals surface area contributed by atoms with Crippen molar-refractivity contribution in [2.45, 2.75) is 32.4 Å². The topological polar surface area (TPSA) is 21.3 Å². The number of benzene rings is 1. The summed E-state index contributed by atoms with van der Waals surface area (Å²) in [4.78, 5) is 0. The summed E-state index contributed by atoms with van der Waals surface area (Å²) in [6, 6.07) is 8.49. The maximum atomic E-state index is 5.83. The third-order valence-corrected chi connectivity index (χ3v) is 2.51. The van der Waals surface area contributed by atoms with Gasteiger partial charge >= 0.3 is 0 Å². The second-order valence-electron chi connectivity index (χ2n) is 3.49. The Hall–Kier alpha value is -1.18. The highest BCUT2D eigenvalue weighted by Gasteiger charge is 2.23. The van der Waals surface area contributed by atoms with Crippen molar-refractivity contribution in [1.82, 2.24) is 0 Å². The number of hydrogen-bond acceptors (Lipinski definition) is 2. The smallest absolute Gasteiger partial charge is 0.142 e. The fraction of sp³-hybridized carbons (Fsp3) is 0.455.